The Morgan fingerprint density at radius 1 is 1.29 bits per heavy atom. The highest BCUT2D eigenvalue weighted by atomic mass is 16.4. The highest BCUT2D eigenvalue weighted by molar-refractivity contribution is 6.05. The fourth-order valence-corrected chi connectivity index (χ4v) is 2.89. The minimum atomic E-state index is -0.0150. The number of hydrogen-bond acceptors (Lipinski definition) is 3. The zero-order valence-electron chi connectivity index (χ0n) is 12.2. The molecule has 5 nitrogen and oxygen atoms in total. The summed E-state index contributed by atoms with van der Waals surface area (Å²) in [6.45, 7) is 0. The fraction of sp³-hybridized carbons (Fsp3) is 0.500. The zero-order valence-corrected chi connectivity index (χ0v) is 12.2. The molecule has 1 amide bonds. The van der Waals surface area contributed by atoms with Crippen LogP contribution in [0.5, 0.6) is 0 Å². The van der Waals surface area contributed by atoms with E-state index in [0.29, 0.717) is 23.6 Å². The monoisotopic (exact) mass is 289 g/mol. The Balaban J connectivity index is 1.90. The van der Waals surface area contributed by atoms with Crippen LogP contribution >= 0.6 is 0 Å². The lowest BCUT2D eigenvalue weighted by molar-refractivity contribution is -0.116. The van der Waals surface area contributed by atoms with Crippen molar-refractivity contribution in [2.75, 3.05) is 5.32 Å². The van der Waals surface area contributed by atoms with Crippen LogP contribution in [-0.2, 0) is 4.79 Å². The predicted molar refractivity (Wildman–Crippen MR) is 83.4 cm³/mol. The number of carbonyl (C=O) groups is 1. The fourth-order valence-electron chi connectivity index (χ4n) is 2.89. The molecule has 2 rings (SSSR count). The summed E-state index contributed by atoms with van der Waals surface area (Å²) in [6.07, 6.45) is 7.86. The summed E-state index contributed by atoms with van der Waals surface area (Å²) in [5, 5.41) is 14.6. The highest BCUT2D eigenvalue weighted by Crippen LogP contribution is 2.27. The second kappa shape index (κ2) is 7.67. The van der Waals surface area contributed by atoms with Crippen LogP contribution in [0, 0.1) is 5.92 Å². The summed E-state index contributed by atoms with van der Waals surface area (Å²) in [4.78, 5) is 12.1. The molecule has 0 spiro atoms. The van der Waals surface area contributed by atoms with Crippen molar-refractivity contribution in [2.24, 2.45) is 16.8 Å². The molecule has 0 atom stereocenters. The maximum Gasteiger partial charge on any atom is 0.224 e. The number of benzene rings is 1. The number of amides is 1. The van der Waals surface area contributed by atoms with E-state index >= 15 is 0 Å². The third kappa shape index (κ3) is 4.48. The highest BCUT2D eigenvalue weighted by Gasteiger charge is 2.15. The summed E-state index contributed by atoms with van der Waals surface area (Å²) >= 11 is 0. The lowest BCUT2D eigenvalue weighted by Crippen LogP contribution is -2.19. The molecule has 1 aliphatic carbocycles. The lowest BCUT2D eigenvalue weighted by Gasteiger charge is -2.21. The quantitative estimate of drug-likeness (QED) is 0.337. The average Bonchev–Trinajstić information content (AvgIpc) is 2.54. The number of nitrogens with one attached hydrogen (secondary N) is 1. The van der Waals surface area contributed by atoms with Crippen molar-refractivity contribution in [1.82, 2.24) is 0 Å². The van der Waals surface area contributed by atoms with Crippen LogP contribution in [0.4, 0.5) is 5.69 Å². The van der Waals surface area contributed by atoms with Crippen molar-refractivity contribution in [3.63, 3.8) is 0 Å². The van der Waals surface area contributed by atoms with Gasteiger partial charge in [0.15, 0.2) is 5.84 Å². The van der Waals surface area contributed by atoms with E-state index in [9.17, 15) is 4.79 Å². The molecular formula is C16H23N3O2. The van der Waals surface area contributed by atoms with Gasteiger partial charge in [-0.15, -0.1) is 0 Å². The molecule has 0 bridgehead atoms. The van der Waals surface area contributed by atoms with Crippen LogP contribution in [0.15, 0.2) is 29.4 Å². The first kappa shape index (κ1) is 15.4. The maximum absolute atomic E-state index is 12.1. The number of para-hydroxylation sites is 1. The third-order valence-corrected chi connectivity index (χ3v) is 4.09. The summed E-state index contributed by atoms with van der Waals surface area (Å²) in [5.74, 6) is 0.667. The number of nitrogens with zero attached hydrogens (tertiary/aromatic N) is 1. The zero-order chi connectivity index (χ0) is 15.1. The van der Waals surface area contributed by atoms with E-state index in [2.05, 4.69) is 10.5 Å². The molecule has 21 heavy (non-hydrogen) atoms. The summed E-state index contributed by atoms with van der Waals surface area (Å²) in [6, 6.07) is 7.06. The Hall–Kier alpha value is -2.04. The Morgan fingerprint density at radius 3 is 2.71 bits per heavy atom. The molecular weight excluding hydrogens is 266 g/mol. The van der Waals surface area contributed by atoms with E-state index in [4.69, 9.17) is 10.9 Å². The van der Waals surface area contributed by atoms with E-state index in [-0.39, 0.29) is 11.7 Å². The Kier molecular flexibility index (Phi) is 5.60. The third-order valence-electron chi connectivity index (χ3n) is 4.09. The van der Waals surface area contributed by atoms with Crippen molar-refractivity contribution < 1.29 is 10.0 Å². The van der Waals surface area contributed by atoms with Gasteiger partial charge in [0.25, 0.3) is 0 Å². The summed E-state index contributed by atoms with van der Waals surface area (Å²) in [5.41, 5.74) is 6.73. The molecule has 1 aliphatic rings. The topological polar surface area (TPSA) is 87.7 Å². The molecule has 1 fully saturated rings. The average molecular weight is 289 g/mol. The van der Waals surface area contributed by atoms with E-state index in [1.807, 2.05) is 6.07 Å². The number of amidine groups is 1. The number of oxime groups is 1. The van der Waals surface area contributed by atoms with E-state index < -0.39 is 0 Å². The van der Waals surface area contributed by atoms with Crippen molar-refractivity contribution in [3.05, 3.63) is 29.8 Å². The van der Waals surface area contributed by atoms with Crippen molar-refractivity contribution in [3.8, 4) is 0 Å². The van der Waals surface area contributed by atoms with Crippen LogP contribution in [0.25, 0.3) is 0 Å². The van der Waals surface area contributed by atoms with Gasteiger partial charge in [0.05, 0.1) is 5.69 Å². The Labute approximate surface area is 125 Å². The van der Waals surface area contributed by atoms with Crippen LogP contribution < -0.4 is 11.1 Å². The van der Waals surface area contributed by atoms with Gasteiger partial charge in [0, 0.05) is 12.0 Å². The molecule has 0 unspecified atom stereocenters. The molecule has 0 aromatic heterocycles. The lowest BCUT2D eigenvalue weighted by atomic mass is 9.86. The van der Waals surface area contributed by atoms with Gasteiger partial charge in [-0.1, -0.05) is 49.4 Å². The van der Waals surface area contributed by atoms with Crippen LogP contribution in [0.1, 0.15) is 50.5 Å². The van der Waals surface area contributed by atoms with Crippen LogP contribution in [0.2, 0.25) is 0 Å². The number of carbonyl (C=O) groups excluding carboxylic acids is 1. The van der Waals surface area contributed by atoms with E-state index in [0.717, 1.165) is 6.42 Å². The van der Waals surface area contributed by atoms with Crippen molar-refractivity contribution in [1.29, 1.82) is 0 Å². The van der Waals surface area contributed by atoms with Crippen LogP contribution in [0.3, 0.4) is 0 Å². The summed E-state index contributed by atoms with van der Waals surface area (Å²) in [7, 11) is 0. The first-order valence-corrected chi connectivity index (χ1v) is 7.57. The molecule has 5 heteroatoms. The largest absolute Gasteiger partial charge is 0.409 e. The SMILES string of the molecule is N/C(=N/O)c1ccccc1NC(=O)CCC1CCCCC1. The molecule has 1 aromatic rings. The molecule has 0 saturated heterocycles. The second-order valence-electron chi connectivity index (χ2n) is 5.62. The van der Waals surface area contributed by atoms with Gasteiger partial charge >= 0.3 is 0 Å². The van der Waals surface area contributed by atoms with Gasteiger partial charge in [0.2, 0.25) is 5.91 Å². The number of rotatable bonds is 5. The van der Waals surface area contributed by atoms with Gasteiger partial charge in [-0.25, -0.2) is 0 Å². The second-order valence-corrected chi connectivity index (χ2v) is 5.62. The molecule has 4 N–H and O–H groups in total. The molecule has 0 radical (unpaired) electrons. The van der Waals surface area contributed by atoms with Gasteiger partial charge in [0.1, 0.15) is 0 Å². The molecule has 1 aromatic carbocycles. The molecule has 0 aliphatic heterocycles. The Morgan fingerprint density at radius 2 is 2.00 bits per heavy atom. The predicted octanol–water partition coefficient (Wildman–Crippen LogP) is 3.08. The van der Waals surface area contributed by atoms with Crippen LogP contribution in [-0.4, -0.2) is 17.0 Å². The van der Waals surface area contributed by atoms with E-state index in [1.165, 1.54) is 32.1 Å². The maximum atomic E-state index is 12.1. The van der Waals surface area contributed by atoms with Gasteiger partial charge in [-0.3, -0.25) is 4.79 Å². The first-order valence-electron chi connectivity index (χ1n) is 7.57. The minimum Gasteiger partial charge on any atom is -0.409 e. The number of hydrogen-bond donors (Lipinski definition) is 3. The standard InChI is InChI=1S/C16H23N3O2/c17-16(19-21)13-8-4-5-9-14(13)18-15(20)11-10-12-6-2-1-3-7-12/h4-5,8-9,12,21H,1-3,6-7,10-11H2,(H2,17,19)(H,18,20). The van der Waals surface area contributed by atoms with Gasteiger partial charge in [-0.05, 0) is 24.5 Å². The first-order chi connectivity index (χ1) is 10.2. The number of anilines is 1. The van der Waals surface area contributed by atoms with Gasteiger partial charge in [-0.2, -0.15) is 0 Å². The van der Waals surface area contributed by atoms with Crippen molar-refractivity contribution in [2.45, 2.75) is 44.9 Å². The molecule has 0 heterocycles. The Bertz CT molecular complexity index is 508. The smallest absolute Gasteiger partial charge is 0.224 e. The van der Waals surface area contributed by atoms with E-state index in [1.54, 1.807) is 18.2 Å². The van der Waals surface area contributed by atoms with Crippen molar-refractivity contribution >= 4 is 17.4 Å². The molecule has 1 saturated carbocycles. The molecule has 114 valence electrons. The normalized spacial score (nSPS) is 16.7. The number of nitrogens with two attached hydrogens (primary N) is 1. The van der Waals surface area contributed by atoms with Gasteiger partial charge < -0.3 is 16.3 Å². The summed E-state index contributed by atoms with van der Waals surface area (Å²) < 4.78 is 0. The minimum absolute atomic E-state index is 0.00168.